The Labute approximate surface area is 103 Å². The minimum Gasteiger partial charge on any atom is -0.449 e. The molecule has 100 valence electrons. The first-order valence-corrected chi connectivity index (χ1v) is 4.78. The molecule has 0 amide bonds. The highest BCUT2D eigenvalue weighted by atomic mass is 19.4. The van der Waals surface area contributed by atoms with Crippen LogP contribution in [0.25, 0.3) is 11.5 Å². The minimum absolute atomic E-state index is 0.00237. The maximum Gasteiger partial charge on any atom is 0.513 e. The fourth-order valence-electron chi connectivity index (χ4n) is 1.28. The van der Waals surface area contributed by atoms with E-state index in [4.69, 9.17) is 5.11 Å². The van der Waals surface area contributed by atoms with Gasteiger partial charge in [-0.15, -0.1) is 0 Å². The van der Waals surface area contributed by atoms with E-state index >= 15 is 0 Å². The number of ether oxygens (including phenoxy) is 1. The summed E-state index contributed by atoms with van der Waals surface area (Å²) < 4.78 is 46.2. The van der Waals surface area contributed by atoms with E-state index in [-0.39, 0.29) is 11.5 Å². The number of hydrogen-bond acceptors (Lipinski definition) is 5. The van der Waals surface area contributed by atoms with Gasteiger partial charge in [0.2, 0.25) is 0 Å². The molecule has 0 aliphatic rings. The van der Waals surface area contributed by atoms with Gasteiger partial charge in [-0.25, -0.2) is 4.79 Å². The Hall–Kier alpha value is -2.58. The predicted octanol–water partition coefficient (Wildman–Crippen LogP) is 2.81. The molecule has 0 atom stereocenters. The van der Waals surface area contributed by atoms with Gasteiger partial charge in [0.15, 0.2) is 0 Å². The number of hydrogen-bond donors (Lipinski definition) is 1. The molecule has 1 N–H and O–H groups in total. The van der Waals surface area contributed by atoms with Crippen molar-refractivity contribution in [1.29, 1.82) is 0 Å². The van der Waals surface area contributed by atoms with E-state index in [1.54, 1.807) is 0 Å². The second-order valence-corrected chi connectivity index (χ2v) is 3.33. The van der Waals surface area contributed by atoms with E-state index in [9.17, 15) is 18.0 Å². The Morgan fingerprint density at radius 1 is 1.37 bits per heavy atom. The Bertz CT molecular complexity index is 609. The van der Waals surface area contributed by atoms with Gasteiger partial charge in [0, 0.05) is 5.56 Å². The van der Waals surface area contributed by atoms with Gasteiger partial charge < -0.3 is 14.4 Å². The lowest BCUT2D eigenvalue weighted by atomic mass is 10.1. The van der Waals surface area contributed by atoms with Crippen molar-refractivity contribution in [3.05, 3.63) is 29.8 Å². The topological polar surface area (TPSA) is 85.5 Å². The predicted molar refractivity (Wildman–Crippen MR) is 53.4 cm³/mol. The highest BCUT2D eigenvalue weighted by Gasteiger charge is 2.30. The molecule has 0 aliphatic carbocycles. The number of carboxylic acid groups (broad SMARTS) is 1. The molecule has 2 aromatic rings. The quantitative estimate of drug-likeness (QED) is 0.847. The third kappa shape index (κ3) is 3.00. The van der Waals surface area contributed by atoms with E-state index in [2.05, 4.69) is 19.4 Å². The van der Waals surface area contributed by atoms with Crippen LogP contribution in [-0.4, -0.2) is 21.4 Å². The zero-order valence-electron chi connectivity index (χ0n) is 9.01. The molecular weight excluding hydrogens is 269 g/mol. The Morgan fingerprint density at radius 3 is 2.74 bits per heavy atom. The van der Waals surface area contributed by atoms with Crippen LogP contribution in [0.4, 0.5) is 18.0 Å². The number of carbonyl (C=O) groups is 1. The monoisotopic (exact) mass is 274 g/mol. The van der Waals surface area contributed by atoms with Gasteiger partial charge in [0.25, 0.3) is 5.89 Å². The summed E-state index contributed by atoms with van der Waals surface area (Å²) in [5, 5.41) is 11.5. The van der Waals surface area contributed by atoms with Crippen LogP contribution in [0.3, 0.4) is 0 Å². The maximum atomic E-state index is 12.5. The van der Waals surface area contributed by atoms with Gasteiger partial charge in [0.1, 0.15) is 0 Å². The van der Waals surface area contributed by atoms with Crippen LogP contribution in [0.5, 0.6) is 6.01 Å². The molecule has 0 fully saturated rings. The molecule has 0 saturated heterocycles. The smallest absolute Gasteiger partial charge is 0.449 e. The SMILES string of the molecule is O=C(O)Oc1noc(-c2cccc(C(F)(F)F)c2)n1. The molecule has 19 heavy (non-hydrogen) atoms. The first-order chi connectivity index (χ1) is 8.86. The van der Waals surface area contributed by atoms with Crippen LogP contribution < -0.4 is 4.74 Å². The summed E-state index contributed by atoms with van der Waals surface area (Å²) in [5.74, 6) is -0.276. The zero-order chi connectivity index (χ0) is 14.0. The summed E-state index contributed by atoms with van der Waals surface area (Å²) in [7, 11) is 0. The molecule has 2 rings (SSSR count). The van der Waals surface area contributed by atoms with Gasteiger partial charge in [0.05, 0.1) is 5.56 Å². The molecule has 6 nitrogen and oxygen atoms in total. The Balaban J connectivity index is 2.32. The second kappa shape index (κ2) is 4.59. The third-order valence-corrected chi connectivity index (χ3v) is 2.02. The van der Waals surface area contributed by atoms with Crippen molar-refractivity contribution in [1.82, 2.24) is 10.1 Å². The van der Waals surface area contributed by atoms with Crippen LogP contribution in [0.15, 0.2) is 28.8 Å². The number of rotatable bonds is 2. The van der Waals surface area contributed by atoms with Crippen molar-refractivity contribution in [2.75, 3.05) is 0 Å². The summed E-state index contributed by atoms with van der Waals surface area (Å²) in [6, 6.07) is 3.57. The first kappa shape index (κ1) is 12.9. The van der Waals surface area contributed by atoms with Crippen LogP contribution in [0, 0.1) is 0 Å². The van der Waals surface area contributed by atoms with Gasteiger partial charge in [-0.1, -0.05) is 6.07 Å². The molecule has 0 bridgehead atoms. The largest absolute Gasteiger partial charge is 0.513 e. The minimum atomic E-state index is -4.50. The van der Waals surface area contributed by atoms with Crippen LogP contribution in [0.2, 0.25) is 0 Å². The molecule has 1 aromatic carbocycles. The fourth-order valence-corrected chi connectivity index (χ4v) is 1.28. The molecule has 9 heteroatoms. The number of halogens is 3. The maximum absolute atomic E-state index is 12.5. The molecular formula is C10H5F3N2O4. The summed E-state index contributed by atoms with van der Waals surface area (Å²) in [6.07, 6.45) is -6.16. The van der Waals surface area contributed by atoms with Crippen molar-refractivity contribution >= 4 is 6.16 Å². The second-order valence-electron chi connectivity index (χ2n) is 3.33. The third-order valence-electron chi connectivity index (χ3n) is 2.02. The molecule has 0 aliphatic heterocycles. The average Bonchev–Trinajstić information content (AvgIpc) is 2.76. The molecule has 0 spiro atoms. The lowest BCUT2D eigenvalue weighted by Gasteiger charge is -2.06. The Kier molecular flexibility index (Phi) is 3.11. The van der Waals surface area contributed by atoms with Crippen molar-refractivity contribution in [3.8, 4) is 17.5 Å². The van der Waals surface area contributed by atoms with Crippen LogP contribution >= 0.6 is 0 Å². The lowest BCUT2D eigenvalue weighted by molar-refractivity contribution is -0.137. The standard InChI is InChI=1S/C10H5F3N2O4/c11-10(12,13)6-3-1-2-5(4-6)7-14-8(15-19-7)18-9(16)17/h1-4H,(H,16,17). The van der Waals surface area contributed by atoms with E-state index in [0.717, 1.165) is 12.1 Å². The van der Waals surface area contributed by atoms with Crippen molar-refractivity contribution < 1.29 is 32.3 Å². The van der Waals surface area contributed by atoms with Gasteiger partial charge >= 0.3 is 18.3 Å². The molecule has 0 saturated carbocycles. The van der Waals surface area contributed by atoms with Crippen molar-refractivity contribution in [3.63, 3.8) is 0 Å². The van der Waals surface area contributed by atoms with Gasteiger partial charge in [-0.05, 0) is 23.4 Å². The van der Waals surface area contributed by atoms with E-state index < -0.39 is 23.9 Å². The van der Waals surface area contributed by atoms with E-state index in [1.165, 1.54) is 12.1 Å². The Morgan fingerprint density at radius 2 is 2.11 bits per heavy atom. The fraction of sp³-hybridized carbons (Fsp3) is 0.100. The average molecular weight is 274 g/mol. The van der Waals surface area contributed by atoms with E-state index in [0.29, 0.717) is 0 Å². The number of aromatic nitrogens is 2. The summed E-state index contributed by atoms with van der Waals surface area (Å²) in [4.78, 5) is 13.7. The normalized spacial score (nSPS) is 11.3. The van der Waals surface area contributed by atoms with Crippen molar-refractivity contribution in [2.24, 2.45) is 0 Å². The summed E-state index contributed by atoms with van der Waals surface area (Å²) >= 11 is 0. The molecule has 0 unspecified atom stereocenters. The molecule has 1 aromatic heterocycles. The lowest BCUT2D eigenvalue weighted by Crippen LogP contribution is -2.04. The van der Waals surface area contributed by atoms with Crippen LogP contribution in [-0.2, 0) is 6.18 Å². The van der Waals surface area contributed by atoms with Crippen LogP contribution in [0.1, 0.15) is 5.56 Å². The highest BCUT2D eigenvalue weighted by Crippen LogP contribution is 2.31. The molecule has 1 heterocycles. The summed E-state index contributed by atoms with van der Waals surface area (Å²) in [6.45, 7) is 0. The van der Waals surface area contributed by atoms with Crippen molar-refractivity contribution in [2.45, 2.75) is 6.18 Å². The molecule has 0 radical (unpaired) electrons. The number of nitrogens with zero attached hydrogens (tertiary/aromatic N) is 2. The van der Waals surface area contributed by atoms with E-state index in [1.807, 2.05) is 0 Å². The van der Waals surface area contributed by atoms with Gasteiger partial charge in [-0.3, -0.25) is 0 Å². The number of benzene rings is 1. The zero-order valence-corrected chi connectivity index (χ0v) is 9.01. The summed E-state index contributed by atoms with van der Waals surface area (Å²) in [5.41, 5.74) is -0.883. The first-order valence-electron chi connectivity index (χ1n) is 4.78. The van der Waals surface area contributed by atoms with Gasteiger partial charge in [-0.2, -0.15) is 18.2 Å². The highest BCUT2D eigenvalue weighted by molar-refractivity contribution is 5.60. The number of alkyl halides is 3.